The van der Waals surface area contributed by atoms with E-state index in [1.54, 1.807) is 0 Å². The molecule has 0 fully saturated rings. The van der Waals surface area contributed by atoms with Gasteiger partial charge in [0, 0.05) is 6.42 Å². The zero-order valence-corrected chi connectivity index (χ0v) is 5.05. The molecule has 0 spiro atoms. The maximum atomic E-state index is 4.93. The Kier molecular flexibility index (Phi) is 1.53. The molecule has 0 saturated heterocycles. The zero-order chi connectivity index (χ0) is 5.98. The topological polar surface area (TPSA) is 35.2 Å². The molecule has 0 heterocycles. The van der Waals surface area contributed by atoms with Gasteiger partial charge in [-0.3, -0.25) is 0 Å². The van der Waals surface area contributed by atoms with Crippen molar-refractivity contribution < 1.29 is 4.84 Å². The predicted octanol–water partition coefficient (Wildman–Crippen LogP) is 1.19. The van der Waals surface area contributed by atoms with Crippen molar-refractivity contribution in [2.45, 2.75) is 19.8 Å². The van der Waals surface area contributed by atoms with Crippen LogP contribution in [-0.2, 0) is 4.84 Å². The van der Waals surface area contributed by atoms with E-state index in [1.807, 2.05) is 0 Å². The highest BCUT2D eigenvalue weighted by Gasteiger charge is 2.10. The molecule has 0 aromatic heterocycles. The van der Waals surface area contributed by atoms with E-state index in [0.29, 0.717) is 5.92 Å². The summed E-state index contributed by atoms with van der Waals surface area (Å²) in [5.41, 5.74) is 0. The average Bonchev–Trinajstić information content (AvgIpc) is 2.14. The summed E-state index contributed by atoms with van der Waals surface area (Å²) in [5.74, 6) is 6.53. The fourth-order valence-corrected chi connectivity index (χ4v) is 0.952. The molecule has 0 amide bonds. The van der Waals surface area contributed by atoms with Gasteiger partial charge in [-0.1, -0.05) is 6.92 Å². The standard InChI is InChI=1S/C6H11NO/c1-5-2-3-6(4-5)8-7/h4-5H,2-3,7H2,1H3. The van der Waals surface area contributed by atoms with E-state index >= 15 is 0 Å². The monoisotopic (exact) mass is 113 g/mol. The summed E-state index contributed by atoms with van der Waals surface area (Å²) in [7, 11) is 0. The van der Waals surface area contributed by atoms with Crippen LogP contribution in [0.3, 0.4) is 0 Å². The molecular formula is C6H11NO. The van der Waals surface area contributed by atoms with Gasteiger partial charge in [-0.15, -0.1) is 0 Å². The predicted molar refractivity (Wildman–Crippen MR) is 31.8 cm³/mol. The normalized spacial score (nSPS) is 27.8. The summed E-state index contributed by atoms with van der Waals surface area (Å²) < 4.78 is 0. The van der Waals surface area contributed by atoms with Crippen molar-refractivity contribution in [2.75, 3.05) is 0 Å². The lowest BCUT2D eigenvalue weighted by Crippen LogP contribution is -1.95. The second-order valence-corrected chi connectivity index (χ2v) is 2.27. The second-order valence-electron chi connectivity index (χ2n) is 2.27. The molecule has 8 heavy (non-hydrogen) atoms. The molecule has 0 aromatic carbocycles. The molecule has 46 valence electrons. The van der Waals surface area contributed by atoms with Gasteiger partial charge in [-0.2, -0.15) is 5.90 Å². The summed E-state index contributed by atoms with van der Waals surface area (Å²) in [4.78, 5) is 4.54. The number of allylic oxidation sites excluding steroid dienone is 2. The fraction of sp³-hybridized carbons (Fsp3) is 0.667. The van der Waals surface area contributed by atoms with Crippen molar-refractivity contribution in [3.05, 3.63) is 11.8 Å². The SMILES string of the molecule is CC1C=C(ON)CC1. The Morgan fingerprint density at radius 3 is 2.88 bits per heavy atom. The van der Waals surface area contributed by atoms with E-state index in [4.69, 9.17) is 5.90 Å². The van der Waals surface area contributed by atoms with Crippen LogP contribution in [0.25, 0.3) is 0 Å². The number of nitrogens with two attached hydrogens (primary N) is 1. The third-order valence-corrected chi connectivity index (χ3v) is 1.47. The van der Waals surface area contributed by atoms with E-state index in [9.17, 15) is 0 Å². The van der Waals surface area contributed by atoms with Crippen LogP contribution in [0.2, 0.25) is 0 Å². The van der Waals surface area contributed by atoms with Gasteiger partial charge in [0.15, 0.2) is 0 Å². The molecule has 2 heteroatoms. The molecule has 0 aliphatic heterocycles. The Labute approximate surface area is 49.3 Å². The summed E-state index contributed by atoms with van der Waals surface area (Å²) in [6, 6.07) is 0. The third kappa shape index (κ3) is 1.01. The Balaban J connectivity index is 2.44. The first-order chi connectivity index (χ1) is 3.83. The second kappa shape index (κ2) is 2.18. The molecule has 1 aliphatic rings. The van der Waals surface area contributed by atoms with E-state index < -0.39 is 0 Å². The van der Waals surface area contributed by atoms with Crippen molar-refractivity contribution in [2.24, 2.45) is 11.8 Å². The van der Waals surface area contributed by atoms with Gasteiger partial charge >= 0.3 is 0 Å². The Morgan fingerprint density at radius 2 is 2.62 bits per heavy atom. The molecule has 2 N–H and O–H groups in total. The highest BCUT2D eigenvalue weighted by atomic mass is 16.6. The lowest BCUT2D eigenvalue weighted by Gasteiger charge is -1.92. The third-order valence-electron chi connectivity index (χ3n) is 1.47. The van der Waals surface area contributed by atoms with E-state index in [2.05, 4.69) is 17.8 Å². The van der Waals surface area contributed by atoms with Gasteiger partial charge in [0.25, 0.3) is 0 Å². The van der Waals surface area contributed by atoms with Crippen molar-refractivity contribution in [1.29, 1.82) is 0 Å². The summed E-state index contributed by atoms with van der Waals surface area (Å²) in [6.45, 7) is 2.16. The van der Waals surface area contributed by atoms with Crippen molar-refractivity contribution >= 4 is 0 Å². The summed E-state index contributed by atoms with van der Waals surface area (Å²) in [5, 5.41) is 0. The van der Waals surface area contributed by atoms with Crippen molar-refractivity contribution in [3.63, 3.8) is 0 Å². The Morgan fingerprint density at radius 1 is 1.88 bits per heavy atom. The minimum atomic E-state index is 0.661. The minimum Gasteiger partial charge on any atom is -0.416 e. The fourth-order valence-electron chi connectivity index (χ4n) is 0.952. The first-order valence-electron chi connectivity index (χ1n) is 2.90. The van der Waals surface area contributed by atoms with Crippen LogP contribution in [0, 0.1) is 5.92 Å². The summed E-state index contributed by atoms with van der Waals surface area (Å²) >= 11 is 0. The maximum Gasteiger partial charge on any atom is 0.120 e. The minimum absolute atomic E-state index is 0.661. The highest BCUT2D eigenvalue weighted by Crippen LogP contribution is 2.22. The van der Waals surface area contributed by atoms with Crippen molar-refractivity contribution in [3.8, 4) is 0 Å². The lowest BCUT2D eigenvalue weighted by atomic mass is 10.2. The molecule has 0 saturated carbocycles. The Bertz CT molecular complexity index is 109. The van der Waals surface area contributed by atoms with E-state index in [-0.39, 0.29) is 0 Å². The molecule has 1 rings (SSSR count). The van der Waals surface area contributed by atoms with Gasteiger partial charge in [0.2, 0.25) is 0 Å². The summed E-state index contributed by atoms with van der Waals surface area (Å²) in [6.07, 6.45) is 4.27. The molecule has 2 nitrogen and oxygen atoms in total. The van der Waals surface area contributed by atoms with Gasteiger partial charge < -0.3 is 4.84 Å². The number of rotatable bonds is 1. The molecular weight excluding hydrogens is 102 g/mol. The maximum absolute atomic E-state index is 4.93. The van der Waals surface area contributed by atoms with Crippen LogP contribution in [-0.4, -0.2) is 0 Å². The number of hydrogen-bond donors (Lipinski definition) is 1. The zero-order valence-electron chi connectivity index (χ0n) is 5.05. The largest absolute Gasteiger partial charge is 0.416 e. The molecule has 1 aliphatic carbocycles. The highest BCUT2D eigenvalue weighted by molar-refractivity contribution is 5.02. The van der Waals surface area contributed by atoms with Gasteiger partial charge in [-0.05, 0) is 18.4 Å². The van der Waals surface area contributed by atoms with Crippen LogP contribution < -0.4 is 5.90 Å². The van der Waals surface area contributed by atoms with Crippen LogP contribution in [0.15, 0.2) is 11.8 Å². The van der Waals surface area contributed by atoms with Gasteiger partial charge in [0.05, 0.1) is 0 Å². The van der Waals surface area contributed by atoms with Crippen LogP contribution >= 0.6 is 0 Å². The van der Waals surface area contributed by atoms with Crippen LogP contribution in [0.4, 0.5) is 0 Å². The molecule has 0 bridgehead atoms. The Hall–Kier alpha value is -0.500. The van der Waals surface area contributed by atoms with Gasteiger partial charge in [-0.25, -0.2) is 0 Å². The van der Waals surface area contributed by atoms with E-state index in [0.717, 1.165) is 12.2 Å². The quantitative estimate of drug-likeness (QED) is 0.518. The molecule has 1 unspecified atom stereocenters. The van der Waals surface area contributed by atoms with E-state index in [1.165, 1.54) is 6.42 Å². The average molecular weight is 113 g/mol. The molecule has 0 aromatic rings. The van der Waals surface area contributed by atoms with Crippen LogP contribution in [0.1, 0.15) is 19.8 Å². The molecule has 0 radical (unpaired) electrons. The lowest BCUT2D eigenvalue weighted by molar-refractivity contribution is 0.214. The van der Waals surface area contributed by atoms with Crippen LogP contribution in [0.5, 0.6) is 0 Å². The first kappa shape index (κ1) is 5.63. The van der Waals surface area contributed by atoms with Gasteiger partial charge in [0.1, 0.15) is 5.76 Å². The smallest absolute Gasteiger partial charge is 0.120 e. The number of hydrogen-bond acceptors (Lipinski definition) is 2. The molecule has 1 atom stereocenters. The van der Waals surface area contributed by atoms with Crippen molar-refractivity contribution in [1.82, 2.24) is 0 Å². The first-order valence-corrected chi connectivity index (χ1v) is 2.90.